The van der Waals surface area contributed by atoms with Crippen molar-refractivity contribution in [1.29, 1.82) is 0 Å². The van der Waals surface area contributed by atoms with Crippen LogP contribution in [0.15, 0.2) is 39.5 Å². The van der Waals surface area contributed by atoms with E-state index in [4.69, 9.17) is 28.1 Å². The van der Waals surface area contributed by atoms with E-state index in [9.17, 15) is 34.2 Å². The zero-order chi connectivity index (χ0) is 36.1. The standard InChI is InChI=1S/C33H40N2O13/c1-16(29(40)35-19(30(41)48-33(5,6)7)14-26(39)47-32(2,3)4)34-31(42)46-28-24(43-8)10-17(11-25(28)44-9)22-15-21(38)27-20(37)12-18(36)13-23(27)45-22/h10-13,15-16,19,36-37H,14H2,1-9H3,(H,34,42)(H,35,40)/t16-,19-/m0/s1. The monoisotopic (exact) mass is 672 g/mol. The maximum absolute atomic E-state index is 13.0. The van der Waals surface area contributed by atoms with Crippen LogP contribution in [0.1, 0.15) is 54.9 Å². The molecule has 0 aliphatic rings. The lowest BCUT2D eigenvalue weighted by Gasteiger charge is -2.26. The first-order chi connectivity index (χ1) is 22.2. The fourth-order valence-corrected chi connectivity index (χ4v) is 4.30. The molecule has 2 amide bonds. The van der Waals surface area contributed by atoms with Gasteiger partial charge in [0.15, 0.2) is 16.9 Å². The number of phenols is 2. The van der Waals surface area contributed by atoms with Crippen LogP contribution in [0.5, 0.6) is 28.7 Å². The largest absolute Gasteiger partial charge is 0.508 e. The number of carbonyl (C=O) groups is 4. The van der Waals surface area contributed by atoms with Gasteiger partial charge in [-0.25, -0.2) is 9.59 Å². The third kappa shape index (κ3) is 9.77. The Morgan fingerprint density at radius 2 is 1.44 bits per heavy atom. The number of nitrogens with one attached hydrogen (secondary N) is 2. The van der Waals surface area contributed by atoms with E-state index in [1.54, 1.807) is 41.5 Å². The van der Waals surface area contributed by atoms with E-state index in [-0.39, 0.29) is 45.3 Å². The number of carbonyl (C=O) groups excluding carboxylic acids is 4. The van der Waals surface area contributed by atoms with E-state index in [1.165, 1.54) is 39.3 Å². The number of aromatic hydroxyl groups is 2. The van der Waals surface area contributed by atoms with Gasteiger partial charge in [0, 0.05) is 23.8 Å². The van der Waals surface area contributed by atoms with E-state index in [0.717, 1.165) is 12.1 Å². The van der Waals surface area contributed by atoms with Crippen molar-refractivity contribution in [2.75, 3.05) is 14.2 Å². The Morgan fingerprint density at radius 1 is 0.854 bits per heavy atom. The second-order valence-corrected chi connectivity index (χ2v) is 12.7. The van der Waals surface area contributed by atoms with Crippen LogP contribution in [0.3, 0.4) is 0 Å². The molecule has 0 saturated carbocycles. The summed E-state index contributed by atoms with van der Waals surface area (Å²) in [6.45, 7) is 11.2. The second kappa shape index (κ2) is 14.5. The molecule has 2 atom stereocenters. The van der Waals surface area contributed by atoms with E-state index < -0.39 is 64.8 Å². The van der Waals surface area contributed by atoms with E-state index in [2.05, 4.69) is 10.6 Å². The summed E-state index contributed by atoms with van der Waals surface area (Å²) in [7, 11) is 2.57. The fourth-order valence-electron chi connectivity index (χ4n) is 4.30. The van der Waals surface area contributed by atoms with Crippen LogP contribution in [0.25, 0.3) is 22.3 Å². The Balaban J connectivity index is 1.81. The predicted molar refractivity (Wildman–Crippen MR) is 171 cm³/mol. The van der Waals surface area contributed by atoms with Gasteiger partial charge >= 0.3 is 18.0 Å². The number of hydrogen-bond donors (Lipinski definition) is 4. The van der Waals surface area contributed by atoms with Gasteiger partial charge in [-0.05, 0) is 60.6 Å². The summed E-state index contributed by atoms with van der Waals surface area (Å²) in [5, 5.41) is 24.5. The average Bonchev–Trinajstić information content (AvgIpc) is 2.94. The highest BCUT2D eigenvalue weighted by Gasteiger charge is 2.32. The number of fused-ring (bicyclic) bond motifs is 1. The molecule has 1 aromatic heterocycles. The van der Waals surface area contributed by atoms with Crippen LogP contribution in [0.4, 0.5) is 4.79 Å². The minimum atomic E-state index is -1.41. The highest BCUT2D eigenvalue weighted by atomic mass is 16.6. The zero-order valence-electron chi connectivity index (χ0n) is 28.1. The number of rotatable bonds is 10. The van der Waals surface area contributed by atoms with E-state index in [0.29, 0.717) is 0 Å². The summed E-state index contributed by atoms with van der Waals surface area (Å²) in [4.78, 5) is 64.0. The Kier molecular flexibility index (Phi) is 11.2. The Bertz CT molecular complexity index is 1740. The van der Waals surface area contributed by atoms with Gasteiger partial charge in [-0.3, -0.25) is 14.4 Å². The number of phenolic OH excluding ortho intramolecular Hbond substituents is 2. The molecule has 48 heavy (non-hydrogen) atoms. The molecule has 3 rings (SSSR count). The van der Waals surface area contributed by atoms with Gasteiger partial charge in [0.2, 0.25) is 11.7 Å². The van der Waals surface area contributed by atoms with Gasteiger partial charge in [0.05, 0.1) is 20.6 Å². The molecule has 3 aromatic rings. The van der Waals surface area contributed by atoms with Crippen molar-refractivity contribution in [3.05, 3.63) is 40.6 Å². The first-order valence-corrected chi connectivity index (χ1v) is 14.7. The molecule has 0 unspecified atom stereocenters. The lowest BCUT2D eigenvalue weighted by atomic mass is 10.1. The number of amides is 2. The Labute approximate surface area is 276 Å². The molecule has 15 heteroatoms. The van der Waals surface area contributed by atoms with Crippen molar-refractivity contribution in [3.8, 4) is 40.1 Å². The first kappa shape index (κ1) is 37.0. The molecule has 1 heterocycles. The van der Waals surface area contributed by atoms with Gasteiger partial charge in [-0.1, -0.05) is 0 Å². The molecule has 0 aliphatic carbocycles. The topological polar surface area (TPSA) is 209 Å². The Hall–Kier alpha value is -5.47. The van der Waals surface area contributed by atoms with Crippen LogP contribution in [0.2, 0.25) is 0 Å². The number of esters is 2. The second-order valence-electron chi connectivity index (χ2n) is 12.7. The first-order valence-electron chi connectivity index (χ1n) is 14.7. The van der Waals surface area contributed by atoms with Crippen molar-refractivity contribution in [1.82, 2.24) is 10.6 Å². The molecule has 0 radical (unpaired) electrons. The lowest BCUT2D eigenvalue weighted by molar-refractivity contribution is -0.165. The van der Waals surface area contributed by atoms with Gasteiger partial charge in [-0.15, -0.1) is 0 Å². The summed E-state index contributed by atoms with van der Waals surface area (Å²) >= 11 is 0. The van der Waals surface area contributed by atoms with Crippen LogP contribution >= 0.6 is 0 Å². The molecule has 260 valence electrons. The maximum Gasteiger partial charge on any atom is 0.413 e. The highest BCUT2D eigenvalue weighted by molar-refractivity contribution is 5.92. The van der Waals surface area contributed by atoms with Crippen LogP contribution in [-0.2, 0) is 23.9 Å². The van der Waals surface area contributed by atoms with E-state index >= 15 is 0 Å². The molecule has 0 fully saturated rings. The molecule has 0 bridgehead atoms. The molecule has 4 N–H and O–H groups in total. The normalized spacial score (nSPS) is 12.8. The van der Waals surface area contributed by atoms with Crippen LogP contribution in [-0.4, -0.2) is 71.7 Å². The quantitative estimate of drug-likeness (QED) is 0.225. The number of hydrogen-bond acceptors (Lipinski definition) is 13. The molecule has 0 saturated heterocycles. The minimum absolute atomic E-state index is 0.0151. The zero-order valence-corrected chi connectivity index (χ0v) is 28.1. The van der Waals surface area contributed by atoms with Gasteiger partial charge in [-0.2, -0.15) is 0 Å². The van der Waals surface area contributed by atoms with Crippen molar-refractivity contribution < 1.29 is 57.5 Å². The predicted octanol–water partition coefficient (Wildman–Crippen LogP) is 3.92. The van der Waals surface area contributed by atoms with Crippen LogP contribution < -0.4 is 30.3 Å². The summed E-state index contributed by atoms with van der Waals surface area (Å²) in [6, 6.07) is 3.39. The summed E-state index contributed by atoms with van der Waals surface area (Å²) in [5.74, 6) is -3.46. The van der Waals surface area contributed by atoms with Gasteiger partial charge < -0.3 is 48.9 Å². The molecule has 15 nitrogen and oxygen atoms in total. The fraction of sp³-hybridized carbons (Fsp3) is 0.424. The SMILES string of the molecule is COc1cc(-c2cc(=O)c3c(O)cc(O)cc3o2)cc(OC)c1OC(=O)N[C@@H](C)C(=O)N[C@@H](CC(=O)OC(C)(C)C)C(=O)OC(C)(C)C. The summed E-state index contributed by atoms with van der Waals surface area (Å²) in [6.07, 6.45) is -1.62. The smallest absolute Gasteiger partial charge is 0.413 e. The highest BCUT2D eigenvalue weighted by Crippen LogP contribution is 2.42. The molecular weight excluding hydrogens is 632 g/mol. The minimum Gasteiger partial charge on any atom is -0.508 e. The lowest BCUT2D eigenvalue weighted by Crippen LogP contribution is -2.52. The summed E-state index contributed by atoms with van der Waals surface area (Å²) in [5.41, 5.74) is -2.17. The summed E-state index contributed by atoms with van der Waals surface area (Å²) < 4.78 is 32.6. The molecule has 0 aliphatic heterocycles. The molecule has 0 spiro atoms. The molecule has 2 aromatic carbocycles. The Morgan fingerprint density at radius 3 is 1.98 bits per heavy atom. The van der Waals surface area contributed by atoms with Crippen molar-refractivity contribution >= 4 is 34.9 Å². The van der Waals surface area contributed by atoms with Crippen molar-refractivity contribution in [3.63, 3.8) is 0 Å². The van der Waals surface area contributed by atoms with Gasteiger partial charge in [0.1, 0.15) is 51.5 Å². The molecular formula is C33H40N2O13. The van der Waals surface area contributed by atoms with Gasteiger partial charge in [0.25, 0.3) is 0 Å². The number of ether oxygens (including phenoxy) is 5. The maximum atomic E-state index is 13.0. The van der Waals surface area contributed by atoms with Crippen molar-refractivity contribution in [2.45, 2.75) is 78.2 Å². The third-order valence-corrected chi connectivity index (χ3v) is 6.26. The average molecular weight is 673 g/mol. The number of methoxy groups -OCH3 is 2. The van der Waals surface area contributed by atoms with E-state index in [1.807, 2.05) is 0 Å². The van der Waals surface area contributed by atoms with Crippen molar-refractivity contribution in [2.24, 2.45) is 0 Å². The number of benzene rings is 2. The third-order valence-electron chi connectivity index (χ3n) is 6.26. The van der Waals surface area contributed by atoms with Crippen LogP contribution in [0, 0.1) is 0 Å².